The van der Waals surface area contributed by atoms with E-state index in [0.29, 0.717) is 12.4 Å². The van der Waals surface area contributed by atoms with Crippen molar-refractivity contribution in [3.63, 3.8) is 0 Å². The number of hydrogen-bond donors (Lipinski definition) is 2. The molecule has 0 spiro atoms. The molecule has 9 nitrogen and oxygen atoms in total. The fraction of sp³-hybridized carbons (Fsp3) is 0.259. The Morgan fingerprint density at radius 2 is 1.97 bits per heavy atom. The molecule has 5 aromatic rings. The molecule has 1 saturated carbocycles. The number of nitrogens with one attached hydrogen (secondary N) is 2. The second-order valence-electron chi connectivity index (χ2n) is 9.26. The van der Waals surface area contributed by atoms with Crippen molar-refractivity contribution in [1.29, 1.82) is 5.26 Å². The number of rotatable bonds is 7. The van der Waals surface area contributed by atoms with Gasteiger partial charge in [0.05, 0.1) is 24.4 Å². The predicted octanol–water partition coefficient (Wildman–Crippen LogP) is 4.77. The van der Waals surface area contributed by atoms with Gasteiger partial charge in [0.15, 0.2) is 17.8 Å². The Morgan fingerprint density at radius 3 is 2.81 bits per heavy atom. The van der Waals surface area contributed by atoms with Gasteiger partial charge in [-0.15, -0.1) is 0 Å². The molecule has 186 valence electrons. The molecule has 10 heteroatoms. The number of ether oxygens (including phenoxy) is 1. The molecule has 0 aliphatic heterocycles. The van der Waals surface area contributed by atoms with Crippen LogP contribution in [0, 0.1) is 17.3 Å². The van der Waals surface area contributed by atoms with Gasteiger partial charge in [-0.1, -0.05) is 12.1 Å². The molecule has 0 saturated heterocycles. The fourth-order valence-corrected chi connectivity index (χ4v) is 4.94. The van der Waals surface area contributed by atoms with Gasteiger partial charge < -0.3 is 15.4 Å². The molecule has 6 rings (SSSR count). The van der Waals surface area contributed by atoms with Crippen molar-refractivity contribution < 1.29 is 9.13 Å². The summed E-state index contributed by atoms with van der Waals surface area (Å²) in [6, 6.07) is 14.7. The van der Waals surface area contributed by atoms with Crippen LogP contribution in [0.2, 0.25) is 0 Å². The summed E-state index contributed by atoms with van der Waals surface area (Å²) in [6.45, 7) is 0.486. The maximum absolute atomic E-state index is 13.6. The summed E-state index contributed by atoms with van der Waals surface area (Å²) in [5, 5.41) is 24.9. The van der Waals surface area contributed by atoms with E-state index >= 15 is 0 Å². The van der Waals surface area contributed by atoms with Gasteiger partial charge in [-0.3, -0.25) is 4.68 Å². The van der Waals surface area contributed by atoms with Gasteiger partial charge in [-0.25, -0.2) is 13.9 Å². The van der Waals surface area contributed by atoms with Crippen LogP contribution in [-0.4, -0.2) is 36.5 Å². The van der Waals surface area contributed by atoms with Crippen molar-refractivity contribution in [3.05, 3.63) is 78.6 Å². The molecule has 2 aromatic carbocycles. The third-order valence-electron chi connectivity index (χ3n) is 6.78. The Bertz CT molecular complexity index is 1600. The summed E-state index contributed by atoms with van der Waals surface area (Å²) in [7, 11) is 0. The largest absolute Gasteiger partial charge is 0.488 e. The van der Waals surface area contributed by atoms with Crippen LogP contribution in [0.1, 0.15) is 31.2 Å². The Morgan fingerprint density at radius 1 is 1.08 bits per heavy atom. The van der Waals surface area contributed by atoms with Crippen molar-refractivity contribution in [1.82, 2.24) is 29.7 Å². The number of fused-ring (bicyclic) bond motifs is 2. The summed E-state index contributed by atoms with van der Waals surface area (Å²) in [5.74, 6) is 1.11. The lowest BCUT2D eigenvalue weighted by Gasteiger charge is -2.28. The van der Waals surface area contributed by atoms with E-state index in [1.54, 1.807) is 16.8 Å². The SMILES string of the molecule is N#CNC1CCC(Oc2ccn3ncnc(Nc4ccc5c(cnn5Cc5cccc(F)c5)c4)c23)CC1. The van der Waals surface area contributed by atoms with Crippen LogP contribution in [0.5, 0.6) is 5.75 Å². The van der Waals surface area contributed by atoms with Crippen molar-refractivity contribution in [3.8, 4) is 11.9 Å². The average molecular weight is 497 g/mol. The van der Waals surface area contributed by atoms with E-state index in [1.165, 1.54) is 18.5 Å². The van der Waals surface area contributed by atoms with E-state index in [1.807, 2.05) is 47.4 Å². The van der Waals surface area contributed by atoms with Crippen molar-refractivity contribution >= 4 is 27.9 Å². The molecule has 3 heterocycles. The molecule has 1 aliphatic carbocycles. The van der Waals surface area contributed by atoms with E-state index in [0.717, 1.165) is 59.1 Å². The van der Waals surface area contributed by atoms with Crippen LogP contribution in [0.25, 0.3) is 16.4 Å². The van der Waals surface area contributed by atoms with E-state index in [-0.39, 0.29) is 18.0 Å². The Hall–Kier alpha value is -4.65. The molecular formula is C27H25FN8O. The third-order valence-corrected chi connectivity index (χ3v) is 6.78. The number of hydrogen-bond acceptors (Lipinski definition) is 7. The minimum atomic E-state index is -0.256. The molecule has 0 bridgehead atoms. The van der Waals surface area contributed by atoms with E-state index in [4.69, 9.17) is 10.00 Å². The van der Waals surface area contributed by atoms with Crippen molar-refractivity contribution in [2.75, 3.05) is 5.32 Å². The van der Waals surface area contributed by atoms with Crippen LogP contribution in [0.3, 0.4) is 0 Å². The van der Waals surface area contributed by atoms with Gasteiger partial charge >= 0.3 is 0 Å². The predicted molar refractivity (Wildman–Crippen MR) is 137 cm³/mol. The monoisotopic (exact) mass is 496 g/mol. The highest BCUT2D eigenvalue weighted by atomic mass is 19.1. The molecule has 0 atom stereocenters. The molecule has 1 fully saturated rings. The Labute approximate surface area is 212 Å². The normalized spacial score (nSPS) is 17.5. The topological polar surface area (TPSA) is 105 Å². The van der Waals surface area contributed by atoms with Crippen molar-refractivity contribution in [2.45, 2.75) is 44.4 Å². The first-order valence-corrected chi connectivity index (χ1v) is 12.3. The highest BCUT2D eigenvalue weighted by Crippen LogP contribution is 2.32. The molecule has 37 heavy (non-hydrogen) atoms. The highest BCUT2D eigenvalue weighted by molar-refractivity contribution is 5.86. The van der Waals surface area contributed by atoms with Gasteiger partial charge in [0.25, 0.3) is 0 Å². The number of nitrogens with zero attached hydrogens (tertiary/aromatic N) is 6. The van der Waals surface area contributed by atoms with Gasteiger partial charge in [0, 0.05) is 29.4 Å². The average Bonchev–Trinajstić information content (AvgIpc) is 3.50. The number of benzene rings is 2. The molecule has 2 N–H and O–H groups in total. The maximum Gasteiger partial charge on any atom is 0.176 e. The first-order chi connectivity index (χ1) is 18.2. The summed E-state index contributed by atoms with van der Waals surface area (Å²) in [5.41, 5.74) is 3.43. The Balaban J connectivity index is 1.22. The molecule has 0 amide bonds. The zero-order valence-electron chi connectivity index (χ0n) is 20.0. The van der Waals surface area contributed by atoms with Gasteiger partial charge in [-0.05, 0) is 61.6 Å². The van der Waals surface area contributed by atoms with Gasteiger partial charge in [-0.2, -0.15) is 15.5 Å². The fourth-order valence-electron chi connectivity index (χ4n) is 4.94. The van der Waals surface area contributed by atoms with E-state index in [9.17, 15) is 4.39 Å². The quantitative estimate of drug-likeness (QED) is 0.247. The molecule has 1 aliphatic rings. The first-order valence-electron chi connectivity index (χ1n) is 12.3. The third kappa shape index (κ3) is 4.76. The summed E-state index contributed by atoms with van der Waals surface area (Å²) < 4.78 is 23.6. The van der Waals surface area contributed by atoms with Crippen LogP contribution >= 0.6 is 0 Å². The number of aromatic nitrogens is 5. The van der Waals surface area contributed by atoms with Gasteiger partial charge in [0.1, 0.15) is 17.7 Å². The molecular weight excluding hydrogens is 471 g/mol. The van der Waals surface area contributed by atoms with E-state index in [2.05, 4.69) is 25.8 Å². The zero-order valence-corrected chi connectivity index (χ0v) is 20.0. The Kier molecular flexibility index (Phi) is 6.02. The lowest BCUT2D eigenvalue weighted by Crippen LogP contribution is -2.33. The highest BCUT2D eigenvalue weighted by Gasteiger charge is 2.24. The lowest BCUT2D eigenvalue weighted by molar-refractivity contribution is 0.145. The first kappa shape index (κ1) is 22.8. The van der Waals surface area contributed by atoms with Crippen LogP contribution in [0.4, 0.5) is 15.9 Å². The standard InChI is InChI=1S/C27H25FN8O/c28-20-3-1-2-18(12-20)15-36-24-9-6-22(13-19(24)14-32-36)34-27-26-25(10-11-35(26)33-17-31-27)37-23-7-4-21(5-8-23)30-16-29/h1-3,6,9-14,17,21,23,30H,4-5,7-8,15H2,(H,31,33,34). The van der Waals surface area contributed by atoms with Crippen LogP contribution < -0.4 is 15.4 Å². The molecule has 0 radical (unpaired) electrons. The second-order valence-corrected chi connectivity index (χ2v) is 9.26. The smallest absolute Gasteiger partial charge is 0.176 e. The van der Waals surface area contributed by atoms with Gasteiger partial charge in [0.2, 0.25) is 0 Å². The molecule has 0 unspecified atom stereocenters. The van der Waals surface area contributed by atoms with Crippen molar-refractivity contribution in [2.24, 2.45) is 0 Å². The number of nitriles is 1. The van der Waals surface area contributed by atoms with Crippen LogP contribution in [0.15, 0.2) is 67.3 Å². The maximum atomic E-state index is 13.6. The van der Waals surface area contributed by atoms with Crippen LogP contribution in [-0.2, 0) is 6.54 Å². The number of anilines is 2. The summed E-state index contributed by atoms with van der Waals surface area (Å²) >= 11 is 0. The molecule has 3 aromatic heterocycles. The van der Waals surface area contributed by atoms with E-state index < -0.39 is 0 Å². The summed E-state index contributed by atoms with van der Waals surface area (Å²) in [6.07, 6.45) is 10.9. The number of halogens is 1. The lowest BCUT2D eigenvalue weighted by atomic mass is 9.93. The second kappa shape index (κ2) is 9.78. The summed E-state index contributed by atoms with van der Waals surface area (Å²) in [4.78, 5) is 4.49. The zero-order chi connectivity index (χ0) is 25.2. The minimum absolute atomic E-state index is 0.0799. The minimum Gasteiger partial charge on any atom is -0.488 e.